The highest BCUT2D eigenvalue weighted by molar-refractivity contribution is 5.75. The highest BCUT2D eigenvalue weighted by atomic mass is 28.1. The van der Waals surface area contributed by atoms with Gasteiger partial charge in [0, 0.05) is 0 Å². The Hall–Kier alpha value is 0.0969. The molecule has 0 spiro atoms. The summed E-state index contributed by atoms with van der Waals surface area (Å²) in [6.07, 6.45) is -0.612. The van der Waals surface area contributed by atoms with Crippen LogP contribution in [0.15, 0.2) is 0 Å². The van der Waals surface area contributed by atoms with Crippen LogP contribution in [0.4, 0.5) is 0 Å². The van der Waals surface area contributed by atoms with E-state index >= 15 is 0 Å². The zero-order chi connectivity index (χ0) is 7.28. The lowest BCUT2D eigenvalue weighted by Gasteiger charge is -2.10. The van der Waals surface area contributed by atoms with E-state index in [9.17, 15) is 0 Å². The van der Waals surface area contributed by atoms with Crippen molar-refractivity contribution in [1.29, 1.82) is 0 Å². The van der Waals surface area contributed by atoms with E-state index in [0.29, 0.717) is 6.61 Å². The number of ether oxygens (including phenoxy) is 1. The second-order valence-corrected chi connectivity index (χ2v) is 2.18. The Balaban J connectivity index is 0. The fourth-order valence-corrected chi connectivity index (χ4v) is 0.356. The standard InChI is InChI=1S/C6H14O3.H4Si/c1-5(8)4-9-6(2)3-7;/h5-8H,3-4H2,1-2H3;1H4. The maximum atomic E-state index is 8.69. The molecule has 0 aliphatic carbocycles. The number of aliphatic hydroxyl groups excluding tert-OH is 2. The number of rotatable bonds is 4. The van der Waals surface area contributed by atoms with Crippen molar-refractivity contribution in [2.45, 2.75) is 26.1 Å². The Bertz CT molecular complexity index is 68.0. The van der Waals surface area contributed by atoms with E-state index in [0.717, 1.165) is 0 Å². The fraction of sp³-hybridized carbons (Fsp3) is 1.00. The normalized spacial score (nSPS) is 15.6. The van der Waals surface area contributed by atoms with Gasteiger partial charge in [0.15, 0.2) is 0 Å². The monoisotopic (exact) mass is 166 g/mol. The molecular weight excluding hydrogens is 148 g/mol. The molecule has 2 atom stereocenters. The Morgan fingerprint density at radius 1 is 1.40 bits per heavy atom. The second-order valence-electron chi connectivity index (χ2n) is 2.18. The third-order valence-electron chi connectivity index (χ3n) is 0.879. The van der Waals surface area contributed by atoms with E-state index < -0.39 is 6.10 Å². The van der Waals surface area contributed by atoms with Crippen LogP contribution in [0.3, 0.4) is 0 Å². The van der Waals surface area contributed by atoms with Crippen molar-refractivity contribution in [2.75, 3.05) is 13.2 Å². The minimum Gasteiger partial charge on any atom is -0.394 e. The molecule has 64 valence electrons. The summed E-state index contributed by atoms with van der Waals surface area (Å²) in [7, 11) is 0. The second kappa shape index (κ2) is 7.21. The van der Waals surface area contributed by atoms with Gasteiger partial charge in [-0.1, -0.05) is 0 Å². The molecule has 2 N–H and O–H groups in total. The molecule has 0 bridgehead atoms. The van der Waals surface area contributed by atoms with Gasteiger partial charge in [0.25, 0.3) is 0 Å². The van der Waals surface area contributed by atoms with Gasteiger partial charge in [0.2, 0.25) is 0 Å². The van der Waals surface area contributed by atoms with Crippen LogP contribution in [0, 0.1) is 0 Å². The predicted molar refractivity (Wildman–Crippen MR) is 45.5 cm³/mol. The van der Waals surface area contributed by atoms with Gasteiger partial charge in [-0.2, -0.15) is 0 Å². The summed E-state index contributed by atoms with van der Waals surface area (Å²) in [6, 6.07) is 0. The van der Waals surface area contributed by atoms with Gasteiger partial charge >= 0.3 is 0 Å². The van der Waals surface area contributed by atoms with Crippen molar-refractivity contribution in [1.82, 2.24) is 0 Å². The minimum absolute atomic E-state index is 0. The molecule has 0 aliphatic rings. The summed E-state index contributed by atoms with van der Waals surface area (Å²) in [4.78, 5) is 0. The highest BCUT2D eigenvalue weighted by Crippen LogP contribution is 1.90. The number of hydrogen-bond acceptors (Lipinski definition) is 3. The Morgan fingerprint density at radius 2 is 1.90 bits per heavy atom. The van der Waals surface area contributed by atoms with Crippen LogP contribution in [0.2, 0.25) is 0 Å². The Labute approximate surface area is 66.0 Å². The summed E-state index contributed by atoms with van der Waals surface area (Å²) in [5.74, 6) is 0. The SMILES string of the molecule is CC(O)COC(C)CO.[SiH4]. The lowest BCUT2D eigenvalue weighted by Crippen LogP contribution is -2.19. The lowest BCUT2D eigenvalue weighted by atomic mass is 10.4. The van der Waals surface area contributed by atoms with Gasteiger partial charge in [0.05, 0.1) is 25.4 Å². The zero-order valence-corrected chi connectivity index (χ0v) is 5.87. The molecule has 2 unspecified atom stereocenters. The molecule has 4 heteroatoms. The maximum Gasteiger partial charge on any atom is 0.0779 e. The first-order valence-electron chi connectivity index (χ1n) is 3.07. The quantitative estimate of drug-likeness (QED) is 0.490. The summed E-state index contributed by atoms with van der Waals surface area (Å²) in [6.45, 7) is 3.70. The van der Waals surface area contributed by atoms with Gasteiger partial charge in [0.1, 0.15) is 0 Å². The average Bonchev–Trinajstić information content (AvgIpc) is 1.83. The molecule has 0 aromatic carbocycles. The topological polar surface area (TPSA) is 49.7 Å². The summed E-state index contributed by atoms with van der Waals surface area (Å²) in [5.41, 5.74) is 0. The first-order valence-corrected chi connectivity index (χ1v) is 3.07. The molecule has 0 rings (SSSR count). The van der Waals surface area contributed by atoms with Crippen molar-refractivity contribution in [2.24, 2.45) is 0 Å². The molecule has 0 saturated heterocycles. The van der Waals surface area contributed by atoms with E-state index in [2.05, 4.69) is 0 Å². The van der Waals surface area contributed by atoms with Crippen molar-refractivity contribution in [3.63, 3.8) is 0 Å². The van der Waals surface area contributed by atoms with Crippen LogP contribution < -0.4 is 0 Å². The maximum absolute atomic E-state index is 8.69. The molecule has 0 aromatic rings. The van der Waals surface area contributed by atoms with Crippen LogP contribution in [0.25, 0.3) is 0 Å². The van der Waals surface area contributed by atoms with E-state index in [-0.39, 0.29) is 23.7 Å². The predicted octanol–water partition coefficient (Wildman–Crippen LogP) is -1.69. The molecule has 3 nitrogen and oxygen atoms in total. The van der Waals surface area contributed by atoms with E-state index in [1.807, 2.05) is 0 Å². The molecule has 0 amide bonds. The largest absolute Gasteiger partial charge is 0.394 e. The summed E-state index contributed by atoms with van der Waals surface area (Å²) >= 11 is 0. The molecule has 10 heavy (non-hydrogen) atoms. The number of aliphatic hydroxyl groups is 2. The van der Waals surface area contributed by atoms with E-state index in [1.54, 1.807) is 13.8 Å². The van der Waals surface area contributed by atoms with Gasteiger partial charge in [-0.3, -0.25) is 0 Å². The van der Waals surface area contributed by atoms with Crippen molar-refractivity contribution in [3.05, 3.63) is 0 Å². The Morgan fingerprint density at radius 3 is 2.20 bits per heavy atom. The fourth-order valence-electron chi connectivity index (χ4n) is 0.356. The molecule has 0 heterocycles. The lowest BCUT2D eigenvalue weighted by molar-refractivity contribution is -0.0177. The molecule has 0 saturated carbocycles. The van der Waals surface area contributed by atoms with Gasteiger partial charge in [-0.15, -0.1) is 0 Å². The zero-order valence-electron chi connectivity index (χ0n) is 5.87. The number of hydrogen-bond donors (Lipinski definition) is 2. The van der Waals surface area contributed by atoms with E-state index in [1.165, 1.54) is 0 Å². The van der Waals surface area contributed by atoms with Crippen molar-refractivity contribution < 1.29 is 14.9 Å². The smallest absolute Gasteiger partial charge is 0.0779 e. The third kappa shape index (κ3) is 8.10. The molecule has 0 aliphatic heterocycles. The first kappa shape index (κ1) is 12.7. The van der Waals surface area contributed by atoms with Crippen molar-refractivity contribution >= 4 is 11.0 Å². The highest BCUT2D eigenvalue weighted by Gasteiger charge is 2.00. The third-order valence-corrected chi connectivity index (χ3v) is 0.879. The van der Waals surface area contributed by atoms with Gasteiger partial charge in [-0.25, -0.2) is 0 Å². The van der Waals surface area contributed by atoms with Gasteiger partial charge < -0.3 is 14.9 Å². The van der Waals surface area contributed by atoms with Gasteiger partial charge in [-0.05, 0) is 24.8 Å². The van der Waals surface area contributed by atoms with Crippen LogP contribution in [0.5, 0.6) is 0 Å². The van der Waals surface area contributed by atoms with Crippen LogP contribution in [0.1, 0.15) is 13.8 Å². The minimum atomic E-state index is -0.445. The van der Waals surface area contributed by atoms with Crippen LogP contribution in [-0.2, 0) is 4.74 Å². The average molecular weight is 166 g/mol. The molecule has 0 radical (unpaired) electrons. The summed E-state index contributed by atoms with van der Waals surface area (Å²) < 4.78 is 4.95. The van der Waals surface area contributed by atoms with Crippen LogP contribution in [-0.4, -0.2) is 46.6 Å². The van der Waals surface area contributed by atoms with E-state index in [4.69, 9.17) is 14.9 Å². The molecule has 0 aromatic heterocycles. The Kier molecular flexibility index (Phi) is 9.19. The summed E-state index contributed by atoms with van der Waals surface area (Å²) in [5, 5.41) is 17.1. The van der Waals surface area contributed by atoms with Crippen molar-refractivity contribution in [3.8, 4) is 0 Å². The molecular formula is C6H18O3Si. The first-order chi connectivity index (χ1) is 4.16. The molecule has 0 fully saturated rings. The van der Waals surface area contributed by atoms with Crippen LogP contribution >= 0.6 is 0 Å².